The molecule has 0 fully saturated rings. The number of carbonyl (C=O) groups is 2. The number of nitrogens with one attached hydrogen (secondary N) is 2. The maximum absolute atomic E-state index is 13.2. The molecule has 2 N–H and O–H groups in total. The molecule has 3 rings (SSSR count). The predicted octanol–water partition coefficient (Wildman–Crippen LogP) is 1.24. The summed E-state index contributed by atoms with van der Waals surface area (Å²) < 4.78 is 36.9. The number of likely N-dealkylation sites (N-methyl/N-ethyl adjacent to an activating group) is 1. The molecule has 10 heteroatoms. The minimum Gasteiger partial charge on any atom is -0.454 e. The molecule has 1 atom stereocenters. The summed E-state index contributed by atoms with van der Waals surface area (Å²) in [6.07, 6.45) is 0. The number of carbonyl (C=O) groups excluding carboxylic acids is 2. The van der Waals surface area contributed by atoms with Crippen molar-refractivity contribution in [2.45, 2.75) is 17.1 Å². The van der Waals surface area contributed by atoms with Gasteiger partial charge in [-0.3, -0.25) is 9.59 Å². The van der Waals surface area contributed by atoms with Crippen LogP contribution in [0.25, 0.3) is 0 Å². The first-order valence-corrected chi connectivity index (χ1v) is 10.6. The molecule has 2 aromatic rings. The molecule has 2 heterocycles. The van der Waals surface area contributed by atoms with Crippen LogP contribution < -0.4 is 20.1 Å². The molecule has 27 heavy (non-hydrogen) atoms. The van der Waals surface area contributed by atoms with Crippen molar-refractivity contribution in [3.8, 4) is 11.5 Å². The highest BCUT2D eigenvalue weighted by Gasteiger charge is 2.32. The van der Waals surface area contributed by atoms with Crippen LogP contribution in [0.2, 0.25) is 0 Å². The zero-order valence-corrected chi connectivity index (χ0v) is 16.1. The van der Waals surface area contributed by atoms with E-state index in [0.29, 0.717) is 22.9 Å². The molecular weight excluding hydrogens is 392 g/mol. The molecule has 0 aliphatic carbocycles. The van der Waals surface area contributed by atoms with Crippen LogP contribution in [-0.4, -0.2) is 40.1 Å². The van der Waals surface area contributed by atoms with Gasteiger partial charge >= 0.3 is 11.8 Å². The second-order valence-corrected chi connectivity index (χ2v) is 8.74. The molecule has 1 aromatic carbocycles. The molecule has 0 spiro atoms. The van der Waals surface area contributed by atoms with Crippen molar-refractivity contribution in [3.05, 3.63) is 40.6 Å². The van der Waals surface area contributed by atoms with Crippen LogP contribution in [0.3, 0.4) is 0 Å². The summed E-state index contributed by atoms with van der Waals surface area (Å²) in [5.74, 6) is -0.847. The van der Waals surface area contributed by atoms with Gasteiger partial charge in [-0.25, -0.2) is 8.42 Å². The monoisotopic (exact) mass is 410 g/mol. The van der Waals surface area contributed by atoms with E-state index < -0.39 is 26.9 Å². The van der Waals surface area contributed by atoms with Crippen LogP contribution in [0.4, 0.5) is 0 Å². The summed E-state index contributed by atoms with van der Waals surface area (Å²) >= 11 is 1.26. The third-order valence-corrected chi connectivity index (χ3v) is 7.12. The predicted molar refractivity (Wildman–Crippen MR) is 98.5 cm³/mol. The van der Waals surface area contributed by atoms with Crippen molar-refractivity contribution in [1.82, 2.24) is 10.6 Å². The van der Waals surface area contributed by atoms with Gasteiger partial charge in [0.15, 0.2) is 21.3 Å². The largest absolute Gasteiger partial charge is 0.454 e. The highest BCUT2D eigenvalue weighted by atomic mass is 32.2. The van der Waals surface area contributed by atoms with Crippen LogP contribution >= 0.6 is 11.3 Å². The van der Waals surface area contributed by atoms with E-state index >= 15 is 0 Å². The van der Waals surface area contributed by atoms with Crippen molar-refractivity contribution in [2.24, 2.45) is 0 Å². The second-order valence-electron chi connectivity index (χ2n) is 5.63. The average Bonchev–Trinajstić information content (AvgIpc) is 3.32. The van der Waals surface area contributed by atoms with Gasteiger partial charge < -0.3 is 20.1 Å². The number of fused-ring (bicyclic) bond motifs is 1. The van der Waals surface area contributed by atoms with Crippen molar-refractivity contribution >= 4 is 33.0 Å². The highest BCUT2D eigenvalue weighted by Crippen LogP contribution is 2.38. The van der Waals surface area contributed by atoms with Crippen LogP contribution in [0.5, 0.6) is 11.5 Å². The van der Waals surface area contributed by atoms with Gasteiger partial charge in [0.2, 0.25) is 6.79 Å². The SMILES string of the molecule is CCNC(=O)C(=O)NC[C@H](c1cccs1)S(=O)(=O)c1ccc2c(c1)OCO2. The lowest BCUT2D eigenvalue weighted by atomic mass is 10.3. The first kappa shape index (κ1) is 19.2. The molecule has 8 nitrogen and oxygen atoms in total. The van der Waals surface area contributed by atoms with E-state index in [0.717, 1.165) is 0 Å². The molecule has 1 aliphatic heterocycles. The van der Waals surface area contributed by atoms with Crippen molar-refractivity contribution in [1.29, 1.82) is 0 Å². The lowest BCUT2D eigenvalue weighted by Gasteiger charge is -2.17. The highest BCUT2D eigenvalue weighted by molar-refractivity contribution is 7.91. The van der Waals surface area contributed by atoms with Gasteiger partial charge in [-0.15, -0.1) is 11.3 Å². The summed E-state index contributed by atoms with van der Waals surface area (Å²) in [6.45, 7) is 1.79. The zero-order valence-electron chi connectivity index (χ0n) is 14.4. The Labute approximate surface area is 160 Å². The lowest BCUT2D eigenvalue weighted by Crippen LogP contribution is -2.42. The maximum atomic E-state index is 13.2. The summed E-state index contributed by atoms with van der Waals surface area (Å²) in [6, 6.07) is 7.79. The topological polar surface area (TPSA) is 111 Å². The van der Waals surface area contributed by atoms with E-state index in [4.69, 9.17) is 9.47 Å². The van der Waals surface area contributed by atoms with Gasteiger partial charge in [0, 0.05) is 24.0 Å². The molecule has 0 unspecified atom stereocenters. The molecule has 0 radical (unpaired) electrons. The molecule has 2 amide bonds. The molecule has 1 aromatic heterocycles. The average molecular weight is 410 g/mol. The summed E-state index contributed by atoms with van der Waals surface area (Å²) in [7, 11) is -3.85. The van der Waals surface area contributed by atoms with Gasteiger partial charge in [-0.05, 0) is 30.5 Å². The fourth-order valence-electron chi connectivity index (χ4n) is 2.56. The van der Waals surface area contributed by atoms with Gasteiger partial charge in [-0.1, -0.05) is 6.07 Å². The van der Waals surface area contributed by atoms with E-state index in [2.05, 4.69) is 10.6 Å². The number of ether oxygens (including phenoxy) is 2. The Hall–Kier alpha value is -2.59. The third kappa shape index (κ3) is 4.06. The van der Waals surface area contributed by atoms with E-state index in [1.54, 1.807) is 24.4 Å². The first-order chi connectivity index (χ1) is 12.9. The fraction of sp³-hybridized carbons (Fsp3) is 0.294. The number of amides is 2. The van der Waals surface area contributed by atoms with Crippen molar-refractivity contribution in [3.63, 3.8) is 0 Å². The summed E-state index contributed by atoms with van der Waals surface area (Å²) in [4.78, 5) is 24.1. The molecule has 1 aliphatic rings. The van der Waals surface area contributed by atoms with Crippen molar-refractivity contribution < 1.29 is 27.5 Å². The Bertz CT molecular complexity index is 940. The normalized spacial score (nSPS) is 13.8. The van der Waals surface area contributed by atoms with Crippen LogP contribution in [0, 0.1) is 0 Å². The van der Waals surface area contributed by atoms with E-state index in [9.17, 15) is 18.0 Å². The zero-order chi connectivity index (χ0) is 19.4. The Morgan fingerprint density at radius 2 is 1.89 bits per heavy atom. The van der Waals surface area contributed by atoms with Gasteiger partial charge in [-0.2, -0.15) is 0 Å². The Morgan fingerprint density at radius 3 is 2.59 bits per heavy atom. The minimum atomic E-state index is -3.85. The van der Waals surface area contributed by atoms with Crippen LogP contribution in [0.1, 0.15) is 17.1 Å². The third-order valence-electron chi connectivity index (χ3n) is 3.90. The van der Waals surface area contributed by atoms with Crippen LogP contribution in [0.15, 0.2) is 40.6 Å². The number of sulfone groups is 1. The van der Waals surface area contributed by atoms with E-state index in [-0.39, 0.29) is 18.2 Å². The number of thiophene rings is 1. The van der Waals surface area contributed by atoms with Gasteiger partial charge in [0.05, 0.1) is 4.90 Å². The lowest BCUT2D eigenvalue weighted by molar-refractivity contribution is -0.139. The first-order valence-electron chi connectivity index (χ1n) is 8.16. The van der Waals surface area contributed by atoms with E-state index in [1.807, 2.05) is 0 Å². The fourth-order valence-corrected chi connectivity index (χ4v) is 5.36. The Balaban J connectivity index is 1.86. The molecule has 0 saturated heterocycles. The van der Waals surface area contributed by atoms with Gasteiger partial charge in [0.25, 0.3) is 0 Å². The summed E-state index contributed by atoms with van der Waals surface area (Å²) in [5, 5.41) is 5.50. The number of hydrogen-bond donors (Lipinski definition) is 2. The minimum absolute atomic E-state index is 0.0375. The molecule has 144 valence electrons. The number of rotatable bonds is 6. The molecule has 0 saturated carbocycles. The van der Waals surface area contributed by atoms with Crippen LogP contribution in [-0.2, 0) is 19.4 Å². The summed E-state index contributed by atoms with van der Waals surface area (Å²) in [5.41, 5.74) is 0. The quantitative estimate of drug-likeness (QED) is 0.694. The second kappa shape index (κ2) is 7.97. The Kier molecular flexibility index (Phi) is 5.66. The van der Waals surface area contributed by atoms with Gasteiger partial charge in [0.1, 0.15) is 5.25 Å². The number of hydrogen-bond acceptors (Lipinski definition) is 7. The Morgan fingerprint density at radius 1 is 1.15 bits per heavy atom. The van der Waals surface area contributed by atoms with E-state index in [1.165, 1.54) is 29.5 Å². The molecule has 0 bridgehead atoms. The standard InChI is InChI=1S/C17H18N2O6S2/c1-2-18-16(20)17(21)19-9-15(14-4-3-7-26-14)27(22,23)11-5-6-12-13(8-11)25-10-24-12/h3-8,15H,2,9-10H2,1H3,(H,18,20)(H,19,21)/t15-/m1/s1. The maximum Gasteiger partial charge on any atom is 0.309 e. The smallest absolute Gasteiger partial charge is 0.309 e. The number of benzene rings is 1. The molecular formula is C17H18N2O6S2. The van der Waals surface area contributed by atoms with Crippen molar-refractivity contribution in [2.75, 3.05) is 19.9 Å².